The van der Waals surface area contributed by atoms with Crippen LogP contribution in [0.15, 0.2) is 51.8 Å². The van der Waals surface area contributed by atoms with Crippen molar-refractivity contribution >= 4 is 43.5 Å². The fourth-order valence-electron chi connectivity index (χ4n) is 3.21. The lowest BCUT2D eigenvalue weighted by Gasteiger charge is -2.26. The minimum Gasteiger partial charge on any atom is -0.452 e. The largest absolute Gasteiger partial charge is 0.452 e. The molecule has 0 aromatic heterocycles. The number of nitrogens with zero attached hydrogens (tertiary/aromatic N) is 1. The number of nitrogens with one attached hydrogen (secondary N) is 1. The van der Waals surface area contributed by atoms with E-state index in [1.165, 1.54) is 16.4 Å². The second-order valence-electron chi connectivity index (χ2n) is 7.05. The third-order valence-electron chi connectivity index (χ3n) is 4.84. The highest BCUT2D eigenvalue weighted by atomic mass is 79.9. The molecule has 9 heteroatoms. The SMILES string of the molecule is Cc1ccc(C(=O)OCC(=O)Nc2ccccc2Br)cc1S(=O)(=O)N1CCCCC1. The molecule has 0 spiro atoms. The highest BCUT2D eigenvalue weighted by molar-refractivity contribution is 9.10. The van der Waals surface area contributed by atoms with Crippen molar-refractivity contribution in [3.8, 4) is 0 Å². The van der Waals surface area contributed by atoms with Crippen molar-refractivity contribution in [1.82, 2.24) is 4.31 Å². The number of esters is 1. The second-order valence-corrected chi connectivity index (χ2v) is 9.81. The van der Waals surface area contributed by atoms with Gasteiger partial charge in [-0.15, -0.1) is 0 Å². The predicted octanol–water partition coefficient (Wildman–Crippen LogP) is 3.73. The molecule has 0 atom stereocenters. The molecule has 0 saturated carbocycles. The number of ether oxygens (including phenoxy) is 1. The summed E-state index contributed by atoms with van der Waals surface area (Å²) in [6.45, 7) is 2.16. The van der Waals surface area contributed by atoms with E-state index in [1.54, 1.807) is 31.2 Å². The number of carbonyl (C=O) groups excluding carboxylic acids is 2. The number of halogens is 1. The summed E-state index contributed by atoms with van der Waals surface area (Å²) in [6, 6.07) is 11.5. The summed E-state index contributed by atoms with van der Waals surface area (Å²) < 4.78 is 33.2. The summed E-state index contributed by atoms with van der Waals surface area (Å²) in [6.07, 6.45) is 2.66. The highest BCUT2D eigenvalue weighted by Gasteiger charge is 2.28. The van der Waals surface area contributed by atoms with Gasteiger partial charge in [-0.25, -0.2) is 13.2 Å². The van der Waals surface area contributed by atoms with Crippen LogP contribution in [0.2, 0.25) is 0 Å². The Bertz CT molecular complexity index is 1050. The van der Waals surface area contributed by atoms with Crippen LogP contribution in [0.25, 0.3) is 0 Å². The van der Waals surface area contributed by atoms with Crippen molar-refractivity contribution in [3.05, 3.63) is 58.1 Å². The number of amides is 1. The fourth-order valence-corrected chi connectivity index (χ4v) is 5.36. The van der Waals surface area contributed by atoms with Crippen LogP contribution in [0.4, 0.5) is 5.69 Å². The lowest BCUT2D eigenvalue weighted by Crippen LogP contribution is -2.36. The molecule has 1 fully saturated rings. The number of hydrogen-bond donors (Lipinski definition) is 1. The van der Waals surface area contributed by atoms with Crippen molar-refractivity contribution in [2.45, 2.75) is 31.1 Å². The number of sulfonamides is 1. The van der Waals surface area contributed by atoms with Gasteiger partial charge >= 0.3 is 5.97 Å². The van der Waals surface area contributed by atoms with Gasteiger partial charge in [-0.3, -0.25) is 4.79 Å². The molecule has 1 aliphatic rings. The lowest BCUT2D eigenvalue weighted by molar-refractivity contribution is -0.119. The zero-order chi connectivity index (χ0) is 21.7. The van der Waals surface area contributed by atoms with Crippen molar-refractivity contribution in [2.24, 2.45) is 0 Å². The highest BCUT2D eigenvalue weighted by Crippen LogP contribution is 2.25. The molecule has 0 bridgehead atoms. The standard InChI is InChI=1S/C21H23BrN2O5S/c1-15-9-10-16(13-19(15)30(27,28)24-11-5-2-6-12-24)21(26)29-14-20(25)23-18-8-4-3-7-17(18)22/h3-4,7-10,13H,2,5-6,11-12,14H2,1H3,(H,23,25). The Morgan fingerprint density at radius 1 is 1.10 bits per heavy atom. The maximum Gasteiger partial charge on any atom is 0.338 e. The average Bonchev–Trinajstić information content (AvgIpc) is 2.74. The molecule has 1 N–H and O–H groups in total. The predicted molar refractivity (Wildman–Crippen MR) is 117 cm³/mol. The smallest absolute Gasteiger partial charge is 0.338 e. The van der Waals surface area contributed by atoms with Crippen LogP contribution < -0.4 is 5.32 Å². The Balaban J connectivity index is 1.68. The van der Waals surface area contributed by atoms with Gasteiger partial charge in [0.25, 0.3) is 5.91 Å². The van der Waals surface area contributed by atoms with E-state index in [2.05, 4.69) is 21.2 Å². The first-order chi connectivity index (χ1) is 14.3. The van der Waals surface area contributed by atoms with E-state index < -0.39 is 28.5 Å². The van der Waals surface area contributed by atoms with E-state index in [0.29, 0.717) is 28.8 Å². The molecule has 1 saturated heterocycles. The van der Waals surface area contributed by atoms with Crippen molar-refractivity contribution in [1.29, 1.82) is 0 Å². The van der Waals surface area contributed by atoms with Crippen LogP contribution in [-0.4, -0.2) is 44.3 Å². The topological polar surface area (TPSA) is 92.8 Å². The molecule has 1 aliphatic heterocycles. The number of carbonyl (C=O) groups is 2. The maximum absolute atomic E-state index is 13.0. The number of hydrogen-bond acceptors (Lipinski definition) is 5. The minimum atomic E-state index is -3.68. The van der Waals surface area contributed by atoms with Gasteiger partial charge in [-0.2, -0.15) is 4.31 Å². The Morgan fingerprint density at radius 2 is 1.80 bits per heavy atom. The fraction of sp³-hybridized carbons (Fsp3) is 0.333. The van der Waals surface area contributed by atoms with Gasteiger partial charge in [0.2, 0.25) is 10.0 Å². The molecule has 1 amide bonds. The van der Waals surface area contributed by atoms with E-state index in [-0.39, 0.29) is 10.5 Å². The van der Waals surface area contributed by atoms with E-state index >= 15 is 0 Å². The van der Waals surface area contributed by atoms with Crippen LogP contribution in [0, 0.1) is 6.92 Å². The second kappa shape index (κ2) is 9.72. The molecule has 7 nitrogen and oxygen atoms in total. The van der Waals surface area contributed by atoms with Crippen LogP contribution in [0.3, 0.4) is 0 Å². The Hall–Kier alpha value is -2.23. The van der Waals surface area contributed by atoms with Crippen LogP contribution in [0.5, 0.6) is 0 Å². The third kappa shape index (κ3) is 5.27. The number of rotatable bonds is 6. The minimum absolute atomic E-state index is 0.0878. The van der Waals surface area contributed by atoms with Gasteiger partial charge in [-0.05, 0) is 65.5 Å². The molecule has 160 valence electrons. The summed E-state index contributed by atoms with van der Waals surface area (Å²) in [5.41, 5.74) is 1.21. The van der Waals surface area contributed by atoms with Gasteiger partial charge in [0.1, 0.15) is 0 Å². The molecule has 0 unspecified atom stereocenters. The van der Waals surface area contributed by atoms with Crippen molar-refractivity contribution in [3.63, 3.8) is 0 Å². The van der Waals surface area contributed by atoms with Crippen LogP contribution in [0.1, 0.15) is 35.2 Å². The summed E-state index contributed by atoms with van der Waals surface area (Å²) in [7, 11) is -3.68. The van der Waals surface area contributed by atoms with E-state index in [0.717, 1.165) is 19.3 Å². The third-order valence-corrected chi connectivity index (χ3v) is 7.57. The van der Waals surface area contributed by atoms with Gasteiger partial charge in [-0.1, -0.05) is 24.6 Å². The monoisotopic (exact) mass is 494 g/mol. The van der Waals surface area contributed by atoms with Crippen molar-refractivity contribution in [2.75, 3.05) is 25.0 Å². The molecular formula is C21H23BrN2O5S. The summed E-state index contributed by atoms with van der Waals surface area (Å²) >= 11 is 3.32. The number of para-hydroxylation sites is 1. The lowest BCUT2D eigenvalue weighted by atomic mass is 10.1. The number of aryl methyl sites for hydroxylation is 1. The van der Waals surface area contributed by atoms with E-state index in [1.807, 2.05) is 6.07 Å². The number of piperidine rings is 1. The number of benzene rings is 2. The first-order valence-electron chi connectivity index (χ1n) is 9.61. The zero-order valence-corrected chi connectivity index (χ0v) is 19.0. The van der Waals surface area contributed by atoms with Gasteiger partial charge in [0.05, 0.1) is 16.1 Å². The Kier molecular flexibility index (Phi) is 7.27. The summed E-state index contributed by atoms with van der Waals surface area (Å²) in [5.74, 6) is -1.25. The van der Waals surface area contributed by atoms with Gasteiger partial charge in [0, 0.05) is 17.6 Å². The molecular weight excluding hydrogens is 472 g/mol. The summed E-state index contributed by atoms with van der Waals surface area (Å²) in [5, 5.41) is 2.64. The molecule has 0 radical (unpaired) electrons. The maximum atomic E-state index is 13.0. The molecule has 0 aliphatic carbocycles. The van der Waals surface area contributed by atoms with E-state index in [9.17, 15) is 18.0 Å². The van der Waals surface area contributed by atoms with Gasteiger partial charge in [0.15, 0.2) is 6.61 Å². The van der Waals surface area contributed by atoms with Gasteiger partial charge < -0.3 is 10.1 Å². The van der Waals surface area contributed by atoms with E-state index in [4.69, 9.17) is 4.74 Å². The average molecular weight is 495 g/mol. The Morgan fingerprint density at radius 3 is 2.50 bits per heavy atom. The first-order valence-corrected chi connectivity index (χ1v) is 11.8. The summed E-state index contributed by atoms with van der Waals surface area (Å²) in [4.78, 5) is 24.6. The van der Waals surface area contributed by atoms with Crippen LogP contribution >= 0.6 is 15.9 Å². The molecule has 3 rings (SSSR count). The molecule has 2 aromatic rings. The molecule has 1 heterocycles. The number of anilines is 1. The molecule has 30 heavy (non-hydrogen) atoms. The van der Waals surface area contributed by atoms with Crippen LogP contribution in [-0.2, 0) is 19.6 Å². The molecule has 2 aromatic carbocycles. The normalized spacial score (nSPS) is 14.9. The first kappa shape index (κ1) is 22.5. The zero-order valence-electron chi connectivity index (χ0n) is 16.6. The quantitative estimate of drug-likeness (QED) is 0.617. The Labute approximate surface area is 184 Å². The van der Waals surface area contributed by atoms with Crippen molar-refractivity contribution < 1.29 is 22.7 Å².